The molecule has 0 saturated heterocycles. The molecule has 0 unspecified atom stereocenters. The number of carbonyl (C=O) groups is 2. The first-order valence-electron chi connectivity index (χ1n) is 9.22. The zero-order valence-corrected chi connectivity index (χ0v) is 16.7. The van der Waals surface area contributed by atoms with Crippen LogP contribution in [0.25, 0.3) is 0 Å². The lowest BCUT2D eigenvalue weighted by Gasteiger charge is -2.14. The maximum atomic E-state index is 14.1. The van der Waals surface area contributed by atoms with Crippen LogP contribution in [0.3, 0.4) is 0 Å². The standard InChI is InChI=1S/C23H19ClFNO4/c24-26(13-12-16-4-2-1-3-5-16)23(29)18-7-9-19(10-8-18)30-21-11-6-17(14-20(21)25)15-22(27)28/h1-11,14H,12-13,15H2,(H,27,28). The zero-order valence-electron chi connectivity index (χ0n) is 15.9. The van der Waals surface area contributed by atoms with Crippen LogP contribution >= 0.6 is 11.8 Å². The molecular formula is C23H19ClFNO4. The van der Waals surface area contributed by atoms with Gasteiger partial charge in [0.25, 0.3) is 5.91 Å². The average molecular weight is 428 g/mol. The molecular weight excluding hydrogens is 409 g/mol. The molecule has 0 saturated carbocycles. The van der Waals surface area contributed by atoms with Crippen LogP contribution in [0, 0.1) is 5.82 Å². The van der Waals surface area contributed by atoms with Gasteiger partial charge in [-0.25, -0.2) is 4.39 Å². The predicted octanol–water partition coefficient (Wildman–Crippen LogP) is 5.08. The average Bonchev–Trinajstić information content (AvgIpc) is 2.74. The zero-order chi connectivity index (χ0) is 21.5. The molecule has 0 heterocycles. The van der Waals surface area contributed by atoms with Crippen LogP contribution in [0.5, 0.6) is 11.5 Å². The summed E-state index contributed by atoms with van der Waals surface area (Å²) in [6.07, 6.45) is 0.363. The van der Waals surface area contributed by atoms with Crippen molar-refractivity contribution in [2.75, 3.05) is 6.54 Å². The molecule has 1 N–H and O–H groups in total. The molecule has 3 aromatic carbocycles. The molecule has 0 aliphatic carbocycles. The van der Waals surface area contributed by atoms with Crippen molar-refractivity contribution >= 4 is 23.7 Å². The van der Waals surface area contributed by atoms with Crippen LogP contribution in [0.2, 0.25) is 0 Å². The Bertz CT molecular complexity index is 1030. The number of halogens is 2. The number of amides is 1. The van der Waals surface area contributed by atoms with Crippen molar-refractivity contribution in [1.82, 2.24) is 4.42 Å². The fourth-order valence-corrected chi connectivity index (χ4v) is 3.00. The van der Waals surface area contributed by atoms with Gasteiger partial charge in [-0.05, 0) is 53.9 Å². The third-order valence-corrected chi connectivity index (χ3v) is 4.66. The maximum absolute atomic E-state index is 14.1. The largest absolute Gasteiger partial charge is 0.481 e. The van der Waals surface area contributed by atoms with E-state index in [-0.39, 0.29) is 18.1 Å². The molecule has 0 fully saturated rings. The highest BCUT2D eigenvalue weighted by Gasteiger charge is 2.14. The van der Waals surface area contributed by atoms with Crippen molar-refractivity contribution in [1.29, 1.82) is 0 Å². The number of rotatable bonds is 8. The second-order valence-corrected chi connectivity index (χ2v) is 7.00. The molecule has 0 bridgehead atoms. The minimum atomic E-state index is -1.04. The number of benzene rings is 3. The minimum absolute atomic E-state index is 0.0370. The van der Waals surface area contributed by atoms with E-state index >= 15 is 0 Å². The first kappa shape index (κ1) is 21.3. The van der Waals surface area contributed by atoms with Crippen molar-refractivity contribution in [3.63, 3.8) is 0 Å². The summed E-state index contributed by atoms with van der Waals surface area (Å²) in [4.78, 5) is 23.2. The van der Waals surface area contributed by atoms with Crippen LogP contribution in [-0.4, -0.2) is 27.9 Å². The summed E-state index contributed by atoms with van der Waals surface area (Å²) < 4.78 is 20.7. The highest BCUT2D eigenvalue weighted by Crippen LogP contribution is 2.26. The molecule has 0 aromatic heterocycles. The molecule has 30 heavy (non-hydrogen) atoms. The Morgan fingerprint density at radius 3 is 2.30 bits per heavy atom. The summed E-state index contributed by atoms with van der Waals surface area (Å²) in [7, 11) is 0. The van der Waals surface area contributed by atoms with Crippen LogP contribution < -0.4 is 4.74 Å². The molecule has 0 atom stereocenters. The van der Waals surface area contributed by atoms with Gasteiger partial charge in [0.2, 0.25) is 0 Å². The summed E-state index contributed by atoms with van der Waals surface area (Å²) in [6, 6.07) is 19.9. The number of carboxylic acid groups (broad SMARTS) is 1. The van der Waals surface area contributed by atoms with Crippen molar-refractivity contribution in [2.45, 2.75) is 12.8 Å². The smallest absolute Gasteiger partial charge is 0.307 e. The Morgan fingerprint density at radius 2 is 1.67 bits per heavy atom. The normalized spacial score (nSPS) is 10.5. The number of hydrogen-bond acceptors (Lipinski definition) is 3. The van der Waals surface area contributed by atoms with Crippen LogP contribution in [0.15, 0.2) is 72.8 Å². The highest BCUT2D eigenvalue weighted by molar-refractivity contribution is 6.24. The van der Waals surface area contributed by atoms with Crippen molar-refractivity contribution in [3.05, 3.63) is 95.3 Å². The molecule has 0 spiro atoms. The summed E-state index contributed by atoms with van der Waals surface area (Å²) in [5.74, 6) is -1.75. The number of carbonyl (C=O) groups excluding carboxylic acids is 1. The van der Waals surface area contributed by atoms with E-state index in [1.807, 2.05) is 30.3 Å². The molecule has 0 radical (unpaired) electrons. The van der Waals surface area contributed by atoms with Crippen molar-refractivity contribution in [2.24, 2.45) is 0 Å². The number of carboxylic acids is 1. The molecule has 3 aromatic rings. The molecule has 0 aliphatic rings. The van der Waals surface area contributed by atoms with Gasteiger partial charge in [0, 0.05) is 23.9 Å². The first-order chi connectivity index (χ1) is 14.4. The Kier molecular flexibility index (Phi) is 7.03. The van der Waals surface area contributed by atoms with Crippen LogP contribution in [-0.2, 0) is 17.6 Å². The lowest BCUT2D eigenvalue weighted by atomic mass is 10.1. The van der Waals surface area contributed by atoms with Crippen molar-refractivity contribution in [3.8, 4) is 11.5 Å². The van der Waals surface area contributed by atoms with Gasteiger partial charge >= 0.3 is 5.97 Å². The lowest BCUT2D eigenvalue weighted by molar-refractivity contribution is -0.136. The lowest BCUT2D eigenvalue weighted by Crippen LogP contribution is -2.23. The van der Waals surface area contributed by atoms with Gasteiger partial charge in [-0.3, -0.25) is 14.0 Å². The molecule has 3 rings (SSSR count). The Labute approximate surface area is 178 Å². The Hall–Kier alpha value is -3.38. The topological polar surface area (TPSA) is 66.8 Å². The molecule has 5 nitrogen and oxygen atoms in total. The maximum Gasteiger partial charge on any atom is 0.307 e. The van der Waals surface area contributed by atoms with E-state index in [0.29, 0.717) is 29.8 Å². The molecule has 7 heteroatoms. The van der Waals surface area contributed by atoms with E-state index < -0.39 is 11.8 Å². The van der Waals surface area contributed by atoms with Crippen LogP contribution in [0.4, 0.5) is 4.39 Å². The Balaban J connectivity index is 1.60. The third kappa shape index (κ3) is 5.81. The summed E-state index contributed by atoms with van der Waals surface area (Å²) in [5.41, 5.74) is 1.80. The summed E-state index contributed by atoms with van der Waals surface area (Å²) >= 11 is 6.12. The second-order valence-electron chi connectivity index (χ2n) is 6.59. The van der Waals surface area contributed by atoms with Gasteiger partial charge in [-0.2, -0.15) is 0 Å². The van der Waals surface area contributed by atoms with E-state index in [1.54, 1.807) is 24.3 Å². The van der Waals surface area contributed by atoms with Gasteiger partial charge in [-0.1, -0.05) is 36.4 Å². The number of aliphatic carboxylic acids is 1. The van der Waals surface area contributed by atoms with E-state index in [4.69, 9.17) is 21.6 Å². The minimum Gasteiger partial charge on any atom is -0.481 e. The fourth-order valence-electron chi connectivity index (χ4n) is 2.82. The predicted molar refractivity (Wildman–Crippen MR) is 111 cm³/mol. The summed E-state index contributed by atoms with van der Waals surface area (Å²) in [6.45, 7) is 0.358. The van der Waals surface area contributed by atoms with Gasteiger partial charge < -0.3 is 9.84 Å². The van der Waals surface area contributed by atoms with Gasteiger partial charge in [0.15, 0.2) is 11.6 Å². The SMILES string of the molecule is O=C(O)Cc1ccc(Oc2ccc(C(=O)N(Cl)CCc3ccccc3)cc2)c(F)c1. The van der Waals surface area contributed by atoms with E-state index in [0.717, 1.165) is 16.0 Å². The molecule has 1 amide bonds. The van der Waals surface area contributed by atoms with Gasteiger partial charge in [-0.15, -0.1) is 0 Å². The second kappa shape index (κ2) is 9.89. The number of hydrogen-bond donors (Lipinski definition) is 1. The number of ether oxygens (including phenoxy) is 1. The monoisotopic (exact) mass is 427 g/mol. The van der Waals surface area contributed by atoms with E-state index in [2.05, 4.69) is 0 Å². The number of nitrogens with zero attached hydrogens (tertiary/aromatic N) is 1. The highest BCUT2D eigenvalue weighted by atomic mass is 35.5. The van der Waals surface area contributed by atoms with E-state index in [9.17, 15) is 14.0 Å². The van der Waals surface area contributed by atoms with Crippen molar-refractivity contribution < 1.29 is 23.8 Å². The summed E-state index contributed by atoms with van der Waals surface area (Å²) in [5, 5.41) is 8.77. The third-order valence-electron chi connectivity index (χ3n) is 4.34. The Morgan fingerprint density at radius 1 is 0.967 bits per heavy atom. The molecule has 0 aliphatic heterocycles. The van der Waals surface area contributed by atoms with Gasteiger partial charge in [0.1, 0.15) is 5.75 Å². The first-order valence-corrected chi connectivity index (χ1v) is 9.56. The molecule has 154 valence electrons. The quantitative estimate of drug-likeness (QED) is 0.509. The van der Waals surface area contributed by atoms with Crippen LogP contribution in [0.1, 0.15) is 21.5 Å². The fraction of sp³-hybridized carbons (Fsp3) is 0.130. The van der Waals surface area contributed by atoms with Gasteiger partial charge in [0.05, 0.1) is 6.42 Å². The van der Waals surface area contributed by atoms with E-state index in [1.165, 1.54) is 12.1 Å².